The summed E-state index contributed by atoms with van der Waals surface area (Å²) in [6.45, 7) is 1.79. The minimum absolute atomic E-state index is 0.0143. The van der Waals surface area contributed by atoms with Crippen LogP contribution in [0, 0.1) is 12.8 Å². The molecular formula is C31H21N3O4. The van der Waals surface area contributed by atoms with E-state index in [1.165, 1.54) is 12.1 Å². The summed E-state index contributed by atoms with van der Waals surface area (Å²) in [6.07, 6.45) is 0. The number of rotatable bonds is 3. The summed E-state index contributed by atoms with van der Waals surface area (Å²) in [5.74, 6) is -2.93. The summed E-state index contributed by atoms with van der Waals surface area (Å²) in [5, 5.41) is 19.8. The van der Waals surface area contributed by atoms with Gasteiger partial charge in [-0.2, -0.15) is 5.10 Å². The van der Waals surface area contributed by atoms with E-state index < -0.39 is 23.0 Å². The van der Waals surface area contributed by atoms with Gasteiger partial charge in [0.1, 0.15) is 22.9 Å². The molecule has 1 spiro atoms. The summed E-state index contributed by atoms with van der Waals surface area (Å²) < 4.78 is 1.61. The zero-order valence-electron chi connectivity index (χ0n) is 20.3. The Hall–Kier alpha value is -5.04. The number of fused-ring (bicyclic) bond motifs is 3. The fraction of sp³-hybridized carbons (Fsp3) is 0.0968. The molecule has 1 aliphatic heterocycles. The van der Waals surface area contributed by atoms with E-state index in [1.807, 2.05) is 60.7 Å². The smallest absolute Gasteiger partial charge is 0.238 e. The molecule has 1 aromatic heterocycles. The first-order valence-corrected chi connectivity index (χ1v) is 12.3. The van der Waals surface area contributed by atoms with Gasteiger partial charge in [0.15, 0.2) is 11.6 Å². The molecule has 7 rings (SSSR count). The molecule has 0 saturated carbocycles. The largest absolute Gasteiger partial charge is 0.507 e. The summed E-state index contributed by atoms with van der Waals surface area (Å²) in [5.41, 5.74) is 1.10. The number of Topliss-reactive ketones (excluding diaryl/α,β-unsaturated/α-hetero) is 2. The second kappa shape index (κ2) is 7.73. The number of phenolic OH excluding ortho intramolecular Hbond substituents is 1. The van der Waals surface area contributed by atoms with Gasteiger partial charge in [0.05, 0.1) is 16.9 Å². The van der Waals surface area contributed by atoms with E-state index in [0.29, 0.717) is 33.9 Å². The normalized spacial score (nSPS) is 19.6. The highest BCUT2D eigenvalue weighted by molar-refractivity contribution is 6.30. The van der Waals surface area contributed by atoms with Gasteiger partial charge in [-0.3, -0.25) is 14.4 Å². The second-order valence-corrected chi connectivity index (χ2v) is 9.71. The molecule has 38 heavy (non-hydrogen) atoms. The number of ketones is 2. The van der Waals surface area contributed by atoms with Crippen molar-refractivity contribution in [2.45, 2.75) is 12.3 Å². The number of hydrogen-bond acceptors (Lipinski definition) is 5. The number of para-hydroxylation sites is 2. The number of amides is 1. The van der Waals surface area contributed by atoms with Crippen molar-refractivity contribution in [3.63, 3.8) is 0 Å². The molecule has 1 amide bonds. The first kappa shape index (κ1) is 22.2. The molecule has 0 radical (unpaired) electrons. The van der Waals surface area contributed by atoms with Crippen LogP contribution in [0.15, 0.2) is 91.0 Å². The molecule has 2 N–H and O–H groups in total. The molecule has 5 aromatic rings. The van der Waals surface area contributed by atoms with Crippen LogP contribution in [-0.2, 0) is 10.2 Å². The molecule has 0 bridgehead atoms. The number of phenols is 1. The molecule has 0 fully saturated rings. The first-order chi connectivity index (χ1) is 18.4. The molecule has 4 aromatic carbocycles. The Morgan fingerprint density at radius 3 is 2.39 bits per heavy atom. The number of nitrogens with zero attached hydrogens (tertiary/aromatic N) is 2. The minimum Gasteiger partial charge on any atom is -0.507 e. The molecule has 7 heteroatoms. The van der Waals surface area contributed by atoms with Crippen molar-refractivity contribution in [1.82, 2.24) is 9.78 Å². The Kier molecular flexibility index (Phi) is 4.51. The Labute approximate surface area is 217 Å². The molecule has 2 heterocycles. The minimum atomic E-state index is -1.66. The van der Waals surface area contributed by atoms with Crippen LogP contribution >= 0.6 is 0 Å². The van der Waals surface area contributed by atoms with Crippen LogP contribution in [0.2, 0.25) is 0 Å². The van der Waals surface area contributed by atoms with Crippen LogP contribution in [-0.4, -0.2) is 32.4 Å². The molecule has 2 aliphatic rings. The average molecular weight is 500 g/mol. The molecule has 7 nitrogen and oxygen atoms in total. The van der Waals surface area contributed by atoms with Crippen molar-refractivity contribution < 1.29 is 19.5 Å². The van der Waals surface area contributed by atoms with Gasteiger partial charge in [-0.1, -0.05) is 66.7 Å². The highest BCUT2D eigenvalue weighted by Gasteiger charge is 2.63. The van der Waals surface area contributed by atoms with Gasteiger partial charge in [0.2, 0.25) is 5.91 Å². The van der Waals surface area contributed by atoms with Crippen molar-refractivity contribution in [1.29, 1.82) is 0 Å². The predicted octanol–water partition coefficient (Wildman–Crippen LogP) is 4.97. The Balaban J connectivity index is 1.60. The quantitative estimate of drug-likeness (QED) is 0.270. The number of nitrogens with one attached hydrogen (secondary N) is 1. The number of benzene rings is 4. The van der Waals surface area contributed by atoms with E-state index >= 15 is 0 Å². The van der Waals surface area contributed by atoms with Gasteiger partial charge in [-0.05, 0) is 47.5 Å². The monoisotopic (exact) mass is 499 g/mol. The zero-order chi connectivity index (χ0) is 26.2. The number of aromatic nitrogens is 2. The number of aromatic hydroxyl groups is 1. The maximum atomic E-state index is 14.7. The third kappa shape index (κ3) is 2.67. The molecule has 0 saturated heterocycles. The SMILES string of the molecule is Cc1nn(-c2ccccc2)c2c1C1(C(=O)c3cccc4cccc1c34)C(C(=O)c1ccccc1O)C(=O)N2. The Morgan fingerprint density at radius 2 is 1.63 bits per heavy atom. The number of carbonyl (C=O) groups excluding carboxylic acids is 3. The van der Waals surface area contributed by atoms with Crippen molar-refractivity contribution >= 4 is 34.1 Å². The average Bonchev–Trinajstić information content (AvgIpc) is 3.39. The Morgan fingerprint density at radius 1 is 0.921 bits per heavy atom. The molecular weight excluding hydrogens is 478 g/mol. The van der Waals surface area contributed by atoms with Crippen LogP contribution in [0.25, 0.3) is 16.5 Å². The van der Waals surface area contributed by atoms with Gasteiger partial charge in [0, 0.05) is 11.1 Å². The van der Waals surface area contributed by atoms with E-state index in [1.54, 1.807) is 29.8 Å². The van der Waals surface area contributed by atoms with Crippen LogP contribution in [0.5, 0.6) is 5.75 Å². The first-order valence-electron chi connectivity index (χ1n) is 12.3. The number of aryl methyl sites for hydroxylation is 1. The van der Waals surface area contributed by atoms with Crippen molar-refractivity contribution in [3.05, 3.63) is 119 Å². The van der Waals surface area contributed by atoms with Crippen molar-refractivity contribution in [3.8, 4) is 11.4 Å². The van der Waals surface area contributed by atoms with Crippen molar-refractivity contribution in [2.75, 3.05) is 5.32 Å². The van der Waals surface area contributed by atoms with Gasteiger partial charge >= 0.3 is 0 Å². The lowest BCUT2D eigenvalue weighted by atomic mass is 9.61. The highest BCUT2D eigenvalue weighted by atomic mass is 16.3. The molecule has 1 aliphatic carbocycles. The fourth-order valence-electron chi connectivity index (χ4n) is 6.28. The lowest BCUT2D eigenvalue weighted by molar-refractivity contribution is -0.120. The number of carbonyl (C=O) groups is 3. The summed E-state index contributed by atoms with van der Waals surface area (Å²) >= 11 is 0. The fourth-order valence-corrected chi connectivity index (χ4v) is 6.28. The van der Waals surface area contributed by atoms with Gasteiger partial charge in [0.25, 0.3) is 0 Å². The third-order valence-electron chi connectivity index (χ3n) is 7.76. The van der Waals surface area contributed by atoms with Crippen LogP contribution < -0.4 is 5.32 Å². The topological polar surface area (TPSA) is 101 Å². The lowest BCUT2D eigenvalue weighted by Crippen LogP contribution is -2.54. The highest BCUT2D eigenvalue weighted by Crippen LogP contribution is 2.56. The maximum Gasteiger partial charge on any atom is 0.238 e. The number of anilines is 1. The van der Waals surface area contributed by atoms with E-state index in [4.69, 9.17) is 5.10 Å². The van der Waals surface area contributed by atoms with Crippen LogP contribution in [0.4, 0.5) is 5.82 Å². The zero-order valence-corrected chi connectivity index (χ0v) is 20.3. The molecule has 2 unspecified atom stereocenters. The second-order valence-electron chi connectivity index (χ2n) is 9.71. The van der Waals surface area contributed by atoms with Gasteiger partial charge in [-0.25, -0.2) is 4.68 Å². The summed E-state index contributed by atoms with van der Waals surface area (Å²) in [7, 11) is 0. The van der Waals surface area contributed by atoms with Crippen LogP contribution in [0.1, 0.15) is 37.5 Å². The van der Waals surface area contributed by atoms with Gasteiger partial charge < -0.3 is 10.4 Å². The Bertz CT molecular complexity index is 1830. The van der Waals surface area contributed by atoms with E-state index in [9.17, 15) is 19.5 Å². The maximum absolute atomic E-state index is 14.7. The number of hydrogen-bond donors (Lipinski definition) is 2. The predicted molar refractivity (Wildman–Crippen MR) is 142 cm³/mol. The molecule has 2 atom stereocenters. The third-order valence-corrected chi connectivity index (χ3v) is 7.76. The van der Waals surface area contributed by atoms with E-state index in [0.717, 1.165) is 10.8 Å². The summed E-state index contributed by atoms with van der Waals surface area (Å²) in [6, 6.07) is 26.5. The molecule has 184 valence electrons. The van der Waals surface area contributed by atoms with E-state index in [-0.39, 0.29) is 17.1 Å². The standard InChI is InChI=1S/C31H21N3O4/c1-17-25-29(34(33-17)19-11-3-2-4-12-19)32-30(38)26(27(36)20-13-5-6-16-23(20)35)31(25)22-15-8-10-18-9-7-14-21(24(18)22)28(31)37/h2-16,26,35H,1H3,(H,32,38). The lowest BCUT2D eigenvalue weighted by Gasteiger charge is -2.39. The van der Waals surface area contributed by atoms with Crippen LogP contribution in [0.3, 0.4) is 0 Å². The van der Waals surface area contributed by atoms with Crippen molar-refractivity contribution in [2.24, 2.45) is 5.92 Å². The van der Waals surface area contributed by atoms with Gasteiger partial charge in [-0.15, -0.1) is 0 Å². The van der Waals surface area contributed by atoms with E-state index in [2.05, 4.69) is 5.32 Å². The summed E-state index contributed by atoms with van der Waals surface area (Å²) in [4.78, 5) is 42.9.